The largest absolute Gasteiger partial charge is 0.363 e. The SMILES string of the molecule is CC(C)CC(CN)CC(=O)Nc1ccc(N(C)C)nc1. The molecule has 1 amide bonds. The summed E-state index contributed by atoms with van der Waals surface area (Å²) in [5.74, 6) is 1.66. The van der Waals surface area contributed by atoms with Crippen LogP contribution >= 0.6 is 0 Å². The van der Waals surface area contributed by atoms with Gasteiger partial charge in [0.15, 0.2) is 0 Å². The summed E-state index contributed by atoms with van der Waals surface area (Å²) in [6.45, 7) is 4.83. The summed E-state index contributed by atoms with van der Waals surface area (Å²) in [5, 5.41) is 2.87. The molecule has 0 bridgehead atoms. The maximum atomic E-state index is 12.0. The summed E-state index contributed by atoms with van der Waals surface area (Å²) in [7, 11) is 3.86. The van der Waals surface area contributed by atoms with Crippen LogP contribution in [0, 0.1) is 11.8 Å². The molecule has 1 heterocycles. The highest BCUT2D eigenvalue weighted by Crippen LogP contribution is 2.16. The molecule has 3 N–H and O–H groups in total. The normalized spacial score (nSPS) is 12.3. The molecule has 20 heavy (non-hydrogen) atoms. The summed E-state index contributed by atoms with van der Waals surface area (Å²) >= 11 is 0. The Balaban J connectivity index is 2.52. The van der Waals surface area contributed by atoms with Crippen LogP contribution < -0.4 is 16.0 Å². The molecule has 0 saturated carbocycles. The number of nitrogens with zero attached hydrogens (tertiary/aromatic N) is 2. The fourth-order valence-electron chi connectivity index (χ4n) is 2.13. The van der Waals surface area contributed by atoms with E-state index in [9.17, 15) is 4.79 Å². The van der Waals surface area contributed by atoms with E-state index in [-0.39, 0.29) is 11.8 Å². The van der Waals surface area contributed by atoms with Crippen LogP contribution in [0.3, 0.4) is 0 Å². The van der Waals surface area contributed by atoms with E-state index >= 15 is 0 Å². The number of hydrogen-bond acceptors (Lipinski definition) is 4. The summed E-state index contributed by atoms with van der Waals surface area (Å²) in [4.78, 5) is 18.2. The molecule has 0 radical (unpaired) electrons. The molecule has 0 spiro atoms. The lowest BCUT2D eigenvalue weighted by molar-refractivity contribution is -0.117. The average molecular weight is 278 g/mol. The predicted octanol–water partition coefficient (Wildman–Crippen LogP) is 2.10. The smallest absolute Gasteiger partial charge is 0.224 e. The fraction of sp³-hybridized carbons (Fsp3) is 0.600. The number of anilines is 2. The summed E-state index contributed by atoms with van der Waals surface area (Å²) in [6.07, 6.45) is 3.11. The molecular weight excluding hydrogens is 252 g/mol. The molecule has 5 heteroatoms. The Kier molecular flexibility index (Phi) is 6.45. The highest BCUT2D eigenvalue weighted by molar-refractivity contribution is 5.90. The van der Waals surface area contributed by atoms with Crippen molar-refractivity contribution in [2.24, 2.45) is 17.6 Å². The Bertz CT molecular complexity index is 414. The summed E-state index contributed by atoms with van der Waals surface area (Å²) in [5.41, 5.74) is 6.44. The summed E-state index contributed by atoms with van der Waals surface area (Å²) < 4.78 is 0. The van der Waals surface area contributed by atoms with Crippen molar-refractivity contribution in [3.8, 4) is 0 Å². The highest BCUT2D eigenvalue weighted by atomic mass is 16.1. The van der Waals surface area contributed by atoms with E-state index in [1.807, 2.05) is 31.1 Å². The second-order valence-corrected chi connectivity index (χ2v) is 5.78. The van der Waals surface area contributed by atoms with Crippen LogP contribution in [0.5, 0.6) is 0 Å². The lowest BCUT2D eigenvalue weighted by Gasteiger charge is -2.17. The lowest BCUT2D eigenvalue weighted by Crippen LogP contribution is -2.23. The number of amides is 1. The number of hydrogen-bond donors (Lipinski definition) is 2. The Hall–Kier alpha value is -1.62. The van der Waals surface area contributed by atoms with Gasteiger partial charge in [-0.3, -0.25) is 4.79 Å². The molecular formula is C15H26N4O. The minimum atomic E-state index is 0.000466. The molecule has 1 atom stereocenters. The molecule has 112 valence electrons. The molecule has 0 aliphatic heterocycles. The number of pyridine rings is 1. The molecule has 1 rings (SSSR count). The van der Waals surface area contributed by atoms with Crippen molar-refractivity contribution in [2.45, 2.75) is 26.7 Å². The highest BCUT2D eigenvalue weighted by Gasteiger charge is 2.14. The van der Waals surface area contributed by atoms with E-state index in [1.54, 1.807) is 6.20 Å². The van der Waals surface area contributed by atoms with Crippen molar-refractivity contribution >= 4 is 17.4 Å². The van der Waals surface area contributed by atoms with Crippen molar-refractivity contribution in [3.05, 3.63) is 18.3 Å². The van der Waals surface area contributed by atoms with Crippen LogP contribution in [-0.2, 0) is 4.79 Å². The van der Waals surface area contributed by atoms with E-state index < -0.39 is 0 Å². The lowest BCUT2D eigenvalue weighted by atomic mass is 9.94. The standard InChI is InChI=1S/C15H26N4O/c1-11(2)7-12(9-16)8-15(20)18-13-5-6-14(17-10-13)19(3)4/h5-6,10-12H,7-9,16H2,1-4H3,(H,18,20). The van der Waals surface area contributed by atoms with Crippen molar-refractivity contribution in [3.63, 3.8) is 0 Å². The monoisotopic (exact) mass is 278 g/mol. The molecule has 1 aromatic rings. The zero-order valence-electron chi connectivity index (χ0n) is 12.9. The number of aromatic nitrogens is 1. The third-order valence-corrected chi connectivity index (χ3v) is 3.10. The van der Waals surface area contributed by atoms with Crippen LogP contribution in [0.4, 0.5) is 11.5 Å². The van der Waals surface area contributed by atoms with E-state index in [0.29, 0.717) is 18.9 Å². The van der Waals surface area contributed by atoms with Gasteiger partial charge in [0.25, 0.3) is 0 Å². The van der Waals surface area contributed by atoms with Gasteiger partial charge in [0.05, 0.1) is 11.9 Å². The third-order valence-electron chi connectivity index (χ3n) is 3.10. The van der Waals surface area contributed by atoms with E-state index in [4.69, 9.17) is 5.73 Å². The first kappa shape index (κ1) is 16.4. The molecule has 0 aromatic carbocycles. The number of carbonyl (C=O) groups excluding carboxylic acids is 1. The van der Waals surface area contributed by atoms with Gasteiger partial charge in [0.2, 0.25) is 5.91 Å². The van der Waals surface area contributed by atoms with Crippen molar-refractivity contribution in [1.29, 1.82) is 0 Å². The van der Waals surface area contributed by atoms with Gasteiger partial charge in [0.1, 0.15) is 5.82 Å². The van der Waals surface area contributed by atoms with E-state index in [2.05, 4.69) is 24.1 Å². The van der Waals surface area contributed by atoms with Gasteiger partial charge in [0, 0.05) is 20.5 Å². The zero-order valence-corrected chi connectivity index (χ0v) is 12.9. The van der Waals surface area contributed by atoms with Crippen molar-refractivity contribution in [2.75, 3.05) is 30.9 Å². The molecule has 1 unspecified atom stereocenters. The van der Waals surface area contributed by atoms with E-state index in [0.717, 1.165) is 17.9 Å². The summed E-state index contributed by atoms with van der Waals surface area (Å²) in [6, 6.07) is 3.74. The first-order chi connectivity index (χ1) is 9.42. The first-order valence-corrected chi connectivity index (χ1v) is 7.05. The van der Waals surface area contributed by atoms with Crippen LogP contribution in [0.1, 0.15) is 26.7 Å². The number of rotatable bonds is 7. The molecule has 0 saturated heterocycles. The topological polar surface area (TPSA) is 71.2 Å². The minimum Gasteiger partial charge on any atom is -0.363 e. The minimum absolute atomic E-state index is 0.000466. The van der Waals surface area contributed by atoms with Crippen molar-refractivity contribution in [1.82, 2.24) is 4.98 Å². The molecule has 0 aliphatic carbocycles. The van der Waals surface area contributed by atoms with Crippen LogP contribution in [-0.4, -0.2) is 31.5 Å². The Labute approximate surface area is 121 Å². The zero-order chi connectivity index (χ0) is 15.1. The van der Waals surface area contributed by atoms with Gasteiger partial charge in [-0.15, -0.1) is 0 Å². The van der Waals surface area contributed by atoms with Crippen LogP contribution in [0.25, 0.3) is 0 Å². The number of nitrogens with two attached hydrogens (primary N) is 1. The molecule has 1 aromatic heterocycles. The maximum absolute atomic E-state index is 12.0. The molecule has 5 nitrogen and oxygen atoms in total. The second kappa shape index (κ2) is 7.85. The van der Waals surface area contributed by atoms with Gasteiger partial charge in [-0.1, -0.05) is 13.8 Å². The predicted molar refractivity (Wildman–Crippen MR) is 83.8 cm³/mol. The Morgan fingerprint density at radius 3 is 2.55 bits per heavy atom. The number of carbonyl (C=O) groups is 1. The quantitative estimate of drug-likeness (QED) is 0.801. The van der Waals surface area contributed by atoms with Gasteiger partial charge >= 0.3 is 0 Å². The number of nitrogens with one attached hydrogen (secondary N) is 1. The first-order valence-electron chi connectivity index (χ1n) is 7.05. The third kappa shape index (κ3) is 5.57. The van der Waals surface area contributed by atoms with E-state index in [1.165, 1.54) is 0 Å². The van der Waals surface area contributed by atoms with Gasteiger partial charge in [-0.05, 0) is 36.9 Å². The Morgan fingerprint density at radius 1 is 1.40 bits per heavy atom. The average Bonchev–Trinajstić information content (AvgIpc) is 2.37. The van der Waals surface area contributed by atoms with Gasteiger partial charge in [-0.2, -0.15) is 0 Å². The molecule has 0 fully saturated rings. The molecule has 0 aliphatic rings. The second-order valence-electron chi connectivity index (χ2n) is 5.78. The van der Waals surface area contributed by atoms with Crippen molar-refractivity contribution < 1.29 is 4.79 Å². The maximum Gasteiger partial charge on any atom is 0.224 e. The van der Waals surface area contributed by atoms with Crippen LogP contribution in [0.2, 0.25) is 0 Å². The fourth-order valence-corrected chi connectivity index (χ4v) is 2.13. The van der Waals surface area contributed by atoms with Gasteiger partial charge in [-0.25, -0.2) is 4.98 Å². The van der Waals surface area contributed by atoms with Gasteiger partial charge < -0.3 is 16.0 Å². The Morgan fingerprint density at radius 2 is 2.10 bits per heavy atom. The van der Waals surface area contributed by atoms with Crippen LogP contribution in [0.15, 0.2) is 18.3 Å².